The van der Waals surface area contributed by atoms with E-state index in [9.17, 15) is 0 Å². The van der Waals surface area contributed by atoms with Gasteiger partial charge >= 0.3 is 0 Å². The van der Waals surface area contributed by atoms with E-state index in [1.165, 1.54) is 0 Å². The summed E-state index contributed by atoms with van der Waals surface area (Å²) < 4.78 is 3.89. The second-order valence-corrected chi connectivity index (χ2v) is 6.82. The number of thiophene rings is 1. The smallest absolute Gasteiger partial charge is 0.153 e. The number of nitrogens with zero attached hydrogens (tertiary/aromatic N) is 2. The molecule has 3 aromatic rings. The van der Waals surface area contributed by atoms with Crippen molar-refractivity contribution in [2.45, 2.75) is 0 Å². The lowest BCUT2D eigenvalue weighted by Gasteiger charge is -1.96. The van der Waals surface area contributed by atoms with E-state index in [-0.39, 0.29) is 0 Å². The molecule has 3 heterocycles. The monoisotopic (exact) mass is 371 g/mol. The summed E-state index contributed by atoms with van der Waals surface area (Å²) in [5.74, 6) is 0.663. The second-order valence-electron chi connectivity index (χ2n) is 3.50. The molecule has 2 N–H and O–H groups in total. The minimum atomic E-state index is 0.663. The number of fused-ring (bicyclic) bond motifs is 1. The Morgan fingerprint density at radius 2 is 2.06 bits per heavy atom. The lowest BCUT2D eigenvalue weighted by Crippen LogP contribution is -1.93. The van der Waals surface area contributed by atoms with E-state index in [0.29, 0.717) is 5.82 Å². The zero-order valence-corrected chi connectivity index (χ0v) is 12.5. The molecule has 0 amide bonds. The standard InChI is InChI=1S/C11H7Br2N3S/c12-6-2-1-5-16-10(14)9(15-11(6)16)7-3-4-8(13)17-7/h1-5H,14H2. The molecular weight excluding hydrogens is 366 g/mol. The summed E-state index contributed by atoms with van der Waals surface area (Å²) >= 11 is 8.55. The van der Waals surface area contributed by atoms with Crippen LogP contribution in [0.2, 0.25) is 0 Å². The summed E-state index contributed by atoms with van der Waals surface area (Å²) in [6, 6.07) is 7.90. The fraction of sp³-hybridized carbons (Fsp3) is 0. The van der Waals surface area contributed by atoms with Gasteiger partial charge in [0, 0.05) is 6.20 Å². The topological polar surface area (TPSA) is 43.3 Å². The lowest BCUT2D eigenvalue weighted by atomic mass is 10.3. The van der Waals surface area contributed by atoms with Crippen LogP contribution in [0.4, 0.5) is 5.82 Å². The first-order chi connectivity index (χ1) is 8.16. The summed E-state index contributed by atoms with van der Waals surface area (Å²) in [6.07, 6.45) is 1.91. The first-order valence-corrected chi connectivity index (χ1v) is 7.25. The number of aromatic nitrogens is 2. The maximum atomic E-state index is 6.12. The molecule has 0 bridgehead atoms. The van der Waals surface area contributed by atoms with E-state index in [1.807, 2.05) is 34.9 Å². The first kappa shape index (κ1) is 11.3. The Morgan fingerprint density at radius 3 is 2.71 bits per heavy atom. The van der Waals surface area contributed by atoms with Crippen LogP contribution in [-0.4, -0.2) is 9.38 Å². The third-order valence-electron chi connectivity index (χ3n) is 2.45. The van der Waals surface area contributed by atoms with Crippen molar-refractivity contribution in [3.63, 3.8) is 0 Å². The number of halogens is 2. The van der Waals surface area contributed by atoms with Gasteiger partial charge in [0.1, 0.15) is 11.5 Å². The van der Waals surface area contributed by atoms with E-state index >= 15 is 0 Å². The van der Waals surface area contributed by atoms with Gasteiger partial charge in [0.2, 0.25) is 0 Å². The van der Waals surface area contributed by atoms with Crippen LogP contribution in [0.5, 0.6) is 0 Å². The van der Waals surface area contributed by atoms with Crippen LogP contribution in [0, 0.1) is 0 Å². The molecule has 17 heavy (non-hydrogen) atoms. The van der Waals surface area contributed by atoms with Crippen molar-refractivity contribution in [3.05, 3.63) is 38.7 Å². The third-order valence-corrected chi connectivity index (χ3v) is 4.70. The van der Waals surface area contributed by atoms with Gasteiger partial charge in [-0.3, -0.25) is 4.40 Å². The van der Waals surface area contributed by atoms with Crippen molar-refractivity contribution in [1.82, 2.24) is 9.38 Å². The van der Waals surface area contributed by atoms with Gasteiger partial charge < -0.3 is 5.73 Å². The normalized spacial score (nSPS) is 11.2. The van der Waals surface area contributed by atoms with Crippen molar-refractivity contribution in [2.75, 3.05) is 5.73 Å². The molecule has 0 saturated carbocycles. The van der Waals surface area contributed by atoms with Gasteiger partial charge in [-0.25, -0.2) is 4.98 Å². The maximum absolute atomic E-state index is 6.12. The van der Waals surface area contributed by atoms with E-state index in [4.69, 9.17) is 5.73 Å². The molecule has 3 rings (SSSR count). The van der Waals surface area contributed by atoms with Gasteiger partial charge in [-0.1, -0.05) is 0 Å². The van der Waals surface area contributed by atoms with Crippen LogP contribution >= 0.6 is 43.2 Å². The number of pyridine rings is 1. The predicted octanol–water partition coefficient (Wildman–Crippen LogP) is 4.17. The van der Waals surface area contributed by atoms with Gasteiger partial charge in [0.25, 0.3) is 0 Å². The molecule has 3 nitrogen and oxygen atoms in total. The first-order valence-electron chi connectivity index (χ1n) is 4.84. The van der Waals surface area contributed by atoms with Crippen LogP contribution in [0.25, 0.3) is 16.2 Å². The fourth-order valence-electron chi connectivity index (χ4n) is 1.68. The average molecular weight is 373 g/mol. The summed E-state index contributed by atoms with van der Waals surface area (Å²) in [5, 5.41) is 0. The second kappa shape index (κ2) is 4.12. The van der Waals surface area contributed by atoms with Crippen LogP contribution in [-0.2, 0) is 0 Å². The molecule has 0 unspecified atom stereocenters. The van der Waals surface area contributed by atoms with E-state index in [0.717, 1.165) is 24.5 Å². The molecular formula is C11H7Br2N3S. The quantitative estimate of drug-likeness (QED) is 0.696. The molecule has 6 heteroatoms. The van der Waals surface area contributed by atoms with E-state index in [1.54, 1.807) is 11.3 Å². The predicted molar refractivity (Wildman–Crippen MR) is 78.3 cm³/mol. The summed E-state index contributed by atoms with van der Waals surface area (Å²) in [7, 11) is 0. The Balaban J connectivity index is 2.31. The Hall–Kier alpha value is -0.850. The van der Waals surface area contributed by atoms with Crippen molar-refractivity contribution in [1.29, 1.82) is 0 Å². The van der Waals surface area contributed by atoms with Gasteiger partial charge in [0.15, 0.2) is 5.65 Å². The van der Waals surface area contributed by atoms with Gasteiger partial charge in [0.05, 0.1) is 13.1 Å². The number of nitrogen functional groups attached to an aromatic ring is 1. The van der Waals surface area contributed by atoms with Gasteiger partial charge in [-0.2, -0.15) is 0 Å². The zero-order chi connectivity index (χ0) is 12.0. The lowest BCUT2D eigenvalue weighted by molar-refractivity contribution is 1.19. The molecule has 0 fully saturated rings. The van der Waals surface area contributed by atoms with Crippen molar-refractivity contribution in [2.24, 2.45) is 0 Å². The molecule has 86 valence electrons. The molecule has 0 aliphatic heterocycles. The minimum absolute atomic E-state index is 0.663. The molecule has 0 aliphatic rings. The zero-order valence-electron chi connectivity index (χ0n) is 8.52. The Kier molecular flexibility index (Phi) is 2.72. The molecule has 3 aromatic heterocycles. The average Bonchev–Trinajstić information content (AvgIpc) is 2.85. The Bertz CT molecular complexity index is 702. The highest BCUT2D eigenvalue weighted by Gasteiger charge is 2.14. The minimum Gasteiger partial charge on any atom is -0.383 e. The number of anilines is 1. The van der Waals surface area contributed by atoms with Crippen LogP contribution < -0.4 is 5.73 Å². The highest BCUT2D eigenvalue weighted by atomic mass is 79.9. The van der Waals surface area contributed by atoms with E-state index < -0.39 is 0 Å². The van der Waals surface area contributed by atoms with Crippen molar-refractivity contribution >= 4 is 54.7 Å². The maximum Gasteiger partial charge on any atom is 0.153 e. The number of hydrogen-bond donors (Lipinski definition) is 1. The van der Waals surface area contributed by atoms with Crippen molar-refractivity contribution < 1.29 is 0 Å². The molecule has 0 saturated heterocycles. The number of nitrogens with two attached hydrogens (primary N) is 1. The molecule has 0 spiro atoms. The van der Waals surface area contributed by atoms with Gasteiger partial charge in [-0.05, 0) is 56.1 Å². The van der Waals surface area contributed by atoms with Crippen LogP contribution in [0.1, 0.15) is 0 Å². The van der Waals surface area contributed by atoms with Gasteiger partial charge in [-0.15, -0.1) is 11.3 Å². The molecule has 0 radical (unpaired) electrons. The summed E-state index contributed by atoms with van der Waals surface area (Å²) in [6.45, 7) is 0. The highest BCUT2D eigenvalue weighted by molar-refractivity contribution is 9.11. The highest BCUT2D eigenvalue weighted by Crippen LogP contribution is 2.35. The largest absolute Gasteiger partial charge is 0.383 e. The Labute approximate surface area is 119 Å². The number of rotatable bonds is 1. The molecule has 0 aliphatic carbocycles. The summed E-state index contributed by atoms with van der Waals surface area (Å²) in [5.41, 5.74) is 7.78. The SMILES string of the molecule is Nc1c(-c2ccc(Br)s2)nc2c(Br)cccn12. The number of imidazole rings is 1. The molecule has 0 atom stereocenters. The van der Waals surface area contributed by atoms with Crippen molar-refractivity contribution in [3.8, 4) is 10.6 Å². The Morgan fingerprint density at radius 1 is 1.24 bits per heavy atom. The summed E-state index contributed by atoms with van der Waals surface area (Å²) in [4.78, 5) is 5.64. The fourth-order valence-corrected chi connectivity index (χ4v) is 3.49. The molecule has 0 aromatic carbocycles. The number of hydrogen-bond acceptors (Lipinski definition) is 3. The van der Waals surface area contributed by atoms with Crippen LogP contribution in [0.15, 0.2) is 38.7 Å². The van der Waals surface area contributed by atoms with Crippen LogP contribution in [0.3, 0.4) is 0 Å². The van der Waals surface area contributed by atoms with E-state index in [2.05, 4.69) is 36.8 Å². The third kappa shape index (κ3) is 1.80.